The highest BCUT2D eigenvalue weighted by molar-refractivity contribution is 7.89. The van der Waals surface area contributed by atoms with Crippen molar-refractivity contribution >= 4 is 10.0 Å². The molecule has 34 heavy (non-hydrogen) atoms. The van der Waals surface area contributed by atoms with Gasteiger partial charge in [0, 0.05) is 12.6 Å². The molecule has 1 aliphatic heterocycles. The number of alkyl halides is 3. The molecule has 3 atom stereocenters. The fourth-order valence-electron chi connectivity index (χ4n) is 3.50. The number of benzene rings is 2. The Morgan fingerprint density at radius 3 is 2.35 bits per heavy atom. The number of nitrogens with zero attached hydrogens (tertiary/aromatic N) is 3. The maximum Gasteiger partial charge on any atom is 0.416 e. The lowest BCUT2D eigenvalue weighted by Gasteiger charge is -2.31. The van der Waals surface area contributed by atoms with Gasteiger partial charge in [-0.15, -0.1) is 0 Å². The summed E-state index contributed by atoms with van der Waals surface area (Å²) in [6, 6.07) is 7.77. The first kappa shape index (κ1) is 25.4. The molecule has 0 spiro atoms. The van der Waals surface area contributed by atoms with E-state index in [4.69, 9.17) is 10.00 Å². The average Bonchev–Trinajstić information content (AvgIpc) is 3.11. The van der Waals surface area contributed by atoms with Crippen LogP contribution in [-0.4, -0.2) is 53.8 Å². The lowest BCUT2D eigenvalue weighted by molar-refractivity contribution is -0.137. The van der Waals surface area contributed by atoms with Gasteiger partial charge in [0.2, 0.25) is 10.0 Å². The fourth-order valence-corrected chi connectivity index (χ4v) is 5.11. The maximum atomic E-state index is 13.9. The summed E-state index contributed by atoms with van der Waals surface area (Å²) in [6.07, 6.45) is -7.76. The number of nitriles is 2. The van der Waals surface area contributed by atoms with E-state index in [1.807, 2.05) is 0 Å². The van der Waals surface area contributed by atoms with Gasteiger partial charge in [0.15, 0.2) is 0 Å². The molecule has 0 unspecified atom stereocenters. The Bertz CT molecular complexity index is 1300. The van der Waals surface area contributed by atoms with Crippen LogP contribution in [0.5, 0.6) is 5.75 Å². The van der Waals surface area contributed by atoms with E-state index in [0.29, 0.717) is 22.5 Å². The lowest BCUT2D eigenvalue weighted by Crippen LogP contribution is -2.53. The zero-order valence-corrected chi connectivity index (χ0v) is 18.2. The van der Waals surface area contributed by atoms with E-state index >= 15 is 0 Å². The summed E-state index contributed by atoms with van der Waals surface area (Å²) < 4.78 is 85.4. The molecule has 0 aliphatic carbocycles. The van der Waals surface area contributed by atoms with Crippen molar-refractivity contribution < 1.29 is 40.9 Å². The molecule has 180 valence electrons. The smallest absolute Gasteiger partial charge is 0.416 e. The largest absolute Gasteiger partial charge is 0.486 e. The molecule has 1 heterocycles. The minimum Gasteiger partial charge on any atom is -0.486 e. The van der Waals surface area contributed by atoms with E-state index in [1.165, 1.54) is 19.1 Å². The number of hydrogen-bond donors (Lipinski definition) is 2. The Balaban J connectivity index is 1.97. The van der Waals surface area contributed by atoms with E-state index in [-0.39, 0.29) is 11.3 Å². The third kappa shape index (κ3) is 4.56. The van der Waals surface area contributed by atoms with Gasteiger partial charge in [0.25, 0.3) is 0 Å². The van der Waals surface area contributed by atoms with Crippen LogP contribution in [0, 0.1) is 28.5 Å². The Kier molecular flexibility index (Phi) is 6.61. The van der Waals surface area contributed by atoms with Crippen LogP contribution in [0.1, 0.15) is 23.6 Å². The highest BCUT2D eigenvalue weighted by Crippen LogP contribution is 2.36. The van der Waals surface area contributed by atoms with Crippen molar-refractivity contribution in [2.75, 3.05) is 13.1 Å². The van der Waals surface area contributed by atoms with Crippen molar-refractivity contribution in [2.45, 2.75) is 35.8 Å². The second-order valence-corrected chi connectivity index (χ2v) is 9.55. The van der Waals surface area contributed by atoms with Crippen molar-refractivity contribution in [3.05, 3.63) is 58.9 Å². The number of β-amino-alcohol motifs (C(OH)–C–C–N with tert-alkyl or cyclic N) is 1. The second kappa shape index (κ2) is 8.85. The van der Waals surface area contributed by atoms with Gasteiger partial charge in [-0.25, -0.2) is 12.8 Å². The molecule has 3 rings (SSSR count). The third-order valence-electron chi connectivity index (χ3n) is 5.46. The van der Waals surface area contributed by atoms with Crippen molar-refractivity contribution in [3.63, 3.8) is 0 Å². The predicted molar refractivity (Wildman–Crippen MR) is 107 cm³/mol. The maximum absolute atomic E-state index is 13.9. The molecule has 1 saturated heterocycles. The van der Waals surface area contributed by atoms with E-state index in [9.17, 15) is 41.5 Å². The zero-order valence-electron chi connectivity index (χ0n) is 17.4. The number of hydrogen-bond acceptors (Lipinski definition) is 7. The molecular weight excluding hydrogens is 482 g/mol. The van der Waals surface area contributed by atoms with Crippen molar-refractivity contribution in [2.24, 2.45) is 0 Å². The van der Waals surface area contributed by atoms with Gasteiger partial charge in [-0.1, -0.05) is 0 Å². The van der Waals surface area contributed by atoms with Crippen LogP contribution < -0.4 is 4.74 Å². The fraction of sp³-hybridized carbons (Fsp3) is 0.333. The van der Waals surface area contributed by atoms with Crippen molar-refractivity contribution in [1.29, 1.82) is 10.5 Å². The summed E-state index contributed by atoms with van der Waals surface area (Å²) in [4.78, 5) is -0.721. The molecule has 0 radical (unpaired) electrons. The second-order valence-electron chi connectivity index (χ2n) is 7.65. The monoisotopic (exact) mass is 499 g/mol. The molecule has 2 aromatic rings. The number of halogens is 4. The molecule has 2 N–H and O–H groups in total. The van der Waals surface area contributed by atoms with Crippen LogP contribution in [0.25, 0.3) is 0 Å². The summed E-state index contributed by atoms with van der Waals surface area (Å²) in [5.74, 6) is -1.08. The number of sulfonamides is 1. The molecule has 0 aromatic heterocycles. The standard InChI is InChI=1S/C21H17F4N3O5S/c1-12(29)20(30)11-28(10-19(20)33-16-4-2-13(8-26)17(22)7-16)34(31,32)18-5-3-15(21(23,24)25)6-14(18)9-27/h2-7,12,19,29-30H,10-11H2,1H3/t12-,19-,20-/m0/s1. The predicted octanol–water partition coefficient (Wildman–Crippen LogP) is 2.15. The highest BCUT2D eigenvalue weighted by atomic mass is 32.2. The Hall–Kier alpha value is -3.23. The van der Waals surface area contributed by atoms with Gasteiger partial charge in [-0.2, -0.15) is 28.0 Å². The van der Waals surface area contributed by atoms with Crippen LogP contribution >= 0.6 is 0 Å². The molecule has 2 aromatic carbocycles. The van der Waals surface area contributed by atoms with Gasteiger partial charge in [0.05, 0.1) is 34.2 Å². The summed E-state index contributed by atoms with van der Waals surface area (Å²) in [7, 11) is -4.62. The SMILES string of the molecule is C[C@H](O)[C@@]1(O)CN(S(=O)(=O)c2ccc(C(F)(F)F)cc2C#N)C[C@@H]1Oc1ccc(C#N)c(F)c1. The highest BCUT2D eigenvalue weighted by Gasteiger charge is 2.54. The van der Waals surface area contributed by atoms with Crippen LogP contribution in [-0.2, 0) is 16.2 Å². The van der Waals surface area contributed by atoms with Crippen LogP contribution in [0.2, 0.25) is 0 Å². The van der Waals surface area contributed by atoms with Crippen LogP contribution in [0.3, 0.4) is 0 Å². The van der Waals surface area contributed by atoms with Crippen molar-refractivity contribution in [1.82, 2.24) is 4.31 Å². The quantitative estimate of drug-likeness (QED) is 0.602. The first-order valence-corrected chi connectivity index (χ1v) is 11.1. The molecule has 1 aliphatic rings. The van der Waals surface area contributed by atoms with Gasteiger partial charge in [-0.3, -0.25) is 0 Å². The minimum atomic E-state index is -4.80. The molecule has 1 fully saturated rings. The molecule has 0 bridgehead atoms. The molecular formula is C21H17F4N3O5S. The first-order chi connectivity index (χ1) is 15.7. The summed E-state index contributed by atoms with van der Waals surface area (Å²) in [5.41, 5.74) is -4.43. The third-order valence-corrected chi connectivity index (χ3v) is 7.33. The lowest BCUT2D eigenvalue weighted by atomic mass is 9.94. The molecule has 13 heteroatoms. The Labute approximate surface area is 191 Å². The van der Waals surface area contributed by atoms with Crippen molar-refractivity contribution in [3.8, 4) is 17.9 Å². The number of ether oxygens (including phenoxy) is 1. The summed E-state index contributed by atoms with van der Waals surface area (Å²) >= 11 is 0. The summed E-state index contributed by atoms with van der Waals surface area (Å²) in [5, 5.41) is 39.2. The molecule has 0 amide bonds. The topological polar surface area (TPSA) is 135 Å². The van der Waals surface area contributed by atoms with E-state index in [0.717, 1.165) is 12.1 Å². The molecule has 8 nitrogen and oxygen atoms in total. The first-order valence-electron chi connectivity index (χ1n) is 9.62. The van der Waals surface area contributed by atoms with Crippen LogP contribution in [0.15, 0.2) is 41.3 Å². The van der Waals surface area contributed by atoms with E-state index < -0.39 is 68.9 Å². The summed E-state index contributed by atoms with van der Waals surface area (Å²) in [6.45, 7) is -0.121. The van der Waals surface area contributed by atoms with E-state index in [1.54, 1.807) is 6.07 Å². The number of aliphatic hydroxyl groups excluding tert-OH is 1. The Morgan fingerprint density at radius 1 is 1.18 bits per heavy atom. The van der Waals surface area contributed by atoms with Gasteiger partial charge in [0.1, 0.15) is 35.4 Å². The van der Waals surface area contributed by atoms with Gasteiger partial charge < -0.3 is 14.9 Å². The number of aliphatic hydroxyl groups is 2. The average molecular weight is 499 g/mol. The zero-order chi connectivity index (χ0) is 25.5. The van der Waals surface area contributed by atoms with E-state index in [2.05, 4.69) is 0 Å². The van der Waals surface area contributed by atoms with Crippen LogP contribution in [0.4, 0.5) is 17.6 Å². The Morgan fingerprint density at radius 2 is 1.82 bits per heavy atom. The minimum absolute atomic E-state index is 0.160. The van der Waals surface area contributed by atoms with Gasteiger partial charge >= 0.3 is 6.18 Å². The number of rotatable bonds is 5. The molecule has 0 saturated carbocycles. The normalized spacial score (nSPS) is 22.1. The van der Waals surface area contributed by atoms with Gasteiger partial charge in [-0.05, 0) is 37.3 Å².